The highest BCUT2D eigenvalue weighted by atomic mass is 16.5. The van der Waals surface area contributed by atoms with Crippen LogP contribution in [0.15, 0.2) is 91.4 Å². The lowest BCUT2D eigenvalue weighted by Gasteiger charge is -2.39. The number of rotatable bonds is 15. The van der Waals surface area contributed by atoms with Crippen LogP contribution in [0.5, 0.6) is 5.75 Å². The van der Waals surface area contributed by atoms with Gasteiger partial charge in [-0.3, -0.25) is 48.8 Å². The van der Waals surface area contributed by atoms with E-state index in [1.807, 2.05) is 36.8 Å². The number of imide groups is 2. The molecule has 2 fully saturated rings. The summed E-state index contributed by atoms with van der Waals surface area (Å²) in [5.41, 5.74) is 7.28. The number of ether oxygens (including phenoxy) is 1. The van der Waals surface area contributed by atoms with Crippen LogP contribution >= 0.6 is 0 Å². The second-order valence-corrected chi connectivity index (χ2v) is 16.2. The molecule has 4 aliphatic heterocycles. The summed E-state index contributed by atoms with van der Waals surface area (Å²) >= 11 is 0. The van der Waals surface area contributed by atoms with Crippen molar-refractivity contribution < 1.29 is 33.8 Å². The number of pyridine rings is 1. The summed E-state index contributed by atoms with van der Waals surface area (Å²) in [7, 11) is 0. The van der Waals surface area contributed by atoms with Crippen molar-refractivity contribution in [1.82, 2.24) is 35.1 Å². The standard InChI is InChI=1S/C46H47N9O7/c56-27-37-33-17-21-53(25-28-15-18-47-19-16-28)43(33)35-24-30(11-12-36(35)49-37)29-5-1-6-31(23-29)48-40(57)10-2-7-32-26-54(52-51-32)20-4-22-62-39-9-3-8-34-42(39)46(61)55(45(34)60)38-13-14-41(58)50-44(38)59/h1,3,5-6,8-9,11-12,15-16,18-19,23-24,26,33,37-38,43,49,56H,2,4,7,10,13-14,17,20-22,25,27H2,(H,48,57)(H,50,58,59)/t33-,37-,38?,43-/m1/s1. The monoisotopic (exact) mass is 837 g/mol. The highest BCUT2D eigenvalue weighted by Gasteiger charge is 2.46. The van der Waals surface area contributed by atoms with Crippen molar-refractivity contribution in [2.75, 3.05) is 30.4 Å². The topological polar surface area (TPSA) is 201 Å². The molecule has 2 saturated heterocycles. The maximum absolute atomic E-state index is 13.3. The lowest BCUT2D eigenvalue weighted by Crippen LogP contribution is -2.54. The van der Waals surface area contributed by atoms with Gasteiger partial charge in [0.25, 0.3) is 11.8 Å². The Morgan fingerprint density at radius 3 is 2.61 bits per heavy atom. The van der Waals surface area contributed by atoms with Crippen molar-refractivity contribution in [2.45, 2.75) is 76.2 Å². The average molecular weight is 838 g/mol. The number of aliphatic hydroxyl groups excluding tert-OH is 1. The van der Waals surface area contributed by atoms with Crippen LogP contribution in [-0.2, 0) is 33.9 Å². The number of fused-ring (bicyclic) bond motifs is 4. The van der Waals surface area contributed by atoms with Crippen LogP contribution in [0.3, 0.4) is 0 Å². The second kappa shape index (κ2) is 17.7. The molecule has 4 atom stereocenters. The third-order valence-corrected chi connectivity index (χ3v) is 12.2. The molecule has 5 amide bonds. The fourth-order valence-electron chi connectivity index (χ4n) is 9.24. The van der Waals surface area contributed by atoms with Crippen LogP contribution < -0.4 is 20.7 Å². The van der Waals surface area contributed by atoms with E-state index in [1.165, 1.54) is 17.2 Å². The summed E-state index contributed by atoms with van der Waals surface area (Å²) in [5.74, 6) is -1.86. The van der Waals surface area contributed by atoms with Crippen molar-refractivity contribution in [1.29, 1.82) is 0 Å². The Balaban J connectivity index is 0.752. The van der Waals surface area contributed by atoms with E-state index >= 15 is 0 Å². The van der Waals surface area contributed by atoms with Gasteiger partial charge < -0.3 is 20.5 Å². The van der Waals surface area contributed by atoms with Crippen LogP contribution in [-0.4, -0.2) is 96.3 Å². The Kier molecular flexibility index (Phi) is 11.6. The largest absolute Gasteiger partial charge is 0.493 e. The summed E-state index contributed by atoms with van der Waals surface area (Å²) in [4.78, 5) is 71.2. The van der Waals surface area contributed by atoms with Gasteiger partial charge in [-0.15, -0.1) is 5.10 Å². The van der Waals surface area contributed by atoms with Gasteiger partial charge in [-0.2, -0.15) is 0 Å². The number of benzene rings is 3. The number of likely N-dealkylation sites (tertiary alicyclic amines) is 1. The maximum atomic E-state index is 13.3. The summed E-state index contributed by atoms with van der Waals surface area (Å²) in [6.07, 6.45) is 8.61. The molecular weight excluding hydrogens is 791 g/mol. The quantitative estimate of drug-likeness (QED) is 0.0850. The zero-order valence-electron chi connectivity index (χ0n) is 34.0. The molecule has 9 rings (SSSR count). The van der Waals surface area contributed by atoms with Gasteiger partial charge in [0.2, 0.25) is 17.7 Å². The number of aliphatic hydroxyl groups is 1. The summed E-state index contributed by atoms with van der Waals surface area (Å²) in [6.45, 7) is 2.56. The van der Waals surface area contributed by atoms with E-state index in [-0.39, 0.29) is 66.8 Å². The Labute approximate surface area is 357 Å². The zero-order valence-corrected chi connectivity index (χ0v) is 34.0. The number of hydrogen-bond donors (Lipinski definition) is 4. The Bertz CT molecular complexity index is 2530. The summed E-state index contributed by atoms with van der Waals surface area (Å²) in [5, 5.41) is 27.6. The number of aromatic nitrogens is 4. The molecule has 6 heterocycles. The third-order valence-electron chi connectivity index (χ3n) is 12.2. The molecule has 318 valence electrons. The number of carbonyl (C=O) groups is 5. The van der Waals surface area contributed by atoms with Crippen LogP contribution in [0.25, 0.3) is 11.1 Å². The van der Waals surface area contributed by atoms with Crippen LogP contribution in [0.4, 0.5) is 11.4 Å². The number of amides is 5. The van der Waals surface area contributed by atoms with Crippen molar-refractivity contribution >= 4 is 40.9 Å². The maximum Gasteiger partial charge on any atom is 0.266 e. The molecule has 0 saturated carbocycles. The lowest BCUT2D eigenvalue weighted by molar-refractivity contribution is -0.136. The van der Waals surface area contributed by atoms with Crippen molar-refractivity contribution in [3.8, 4) is 16.9 Å². The van der Waals surface area contributed by atoms with E-state index in [0.717, 1.165) is 52.6 Å². The zero-order chi connectivity index (χ0) is 42.7. The van der Waals surface area contributed by atoms with Gasteiger partial charge in [-0.25, -0.2) is 0 Å². The minimum atomic E-state index is -1.05. The fraction of sp³-hybridized carbons (Fsp3) is 0.348. The molecule has 0 spiro atoms. The first-order valence-corrected chi connectivity index (χ1v) is 21.1. The van der Waals surface area contributed by atoms with E-state index in [2.05, 4.69) is 72.5 Å². The molecule has 2 aromatic heterocycles. The molecule has 62 heavy (non-hydrogen) atoms. The predicted molar refractivity (Wildman–Crippen MR) is 227 cm³/mol. The average Bonchev–Trinajstić information content (AvgIpc) is 3.99. The fourth-order valence-corrected chi connectivity index (χ4v) is 9.24. The van der Waals surface area contributed by atoms with Crippen LogP contribution in [0.1, 0.15) is 82.1 Å². The normalized spacial score (nSPS) is 20.6. The van der Waals surface area contributed by atoms with Gasteiger partial charge in [0.1, 0.15) is 11.8 Å². The molecule has 0 radical (unpaired) electrons. The minimum absolute atomic E-state index is 0.00550. The molecule has 16 nitrogen and oxygen atoms in total. The van der Waals surface area contributed by atoms with Gasteiger partial charge in [-0.05, 0) is 103 Å². The van der Waals surface area contributed by atoms with E-state index < -0.39 is 29.7 Å². The Morgan fingerprint density at radius 1 is 0.935 bits per heavy atom. The lowest BCUT2D eigenvalue weighted by atomic mass is 9.82. The highest BCUT2D eigenvalue weighted by Crippen LogP contribution is 2.48. The smallest absolute Gasteiger partial charge is 0.266 e. The molecule has 5 aromatic rings. The van der Waals surface area contributed by atoms with Gasteiger partial charge in [0.15, 0.2) is 0 Å². The Hall–Kier alpha value is -6.78. The SMILES string of the molecule is O=C1CCC(N2C(=O)c3cccc(OCCCn4cc(CCCC(=O)Nc5cccc(-c6ccc7c(c6)[C@H]6[C@H](CCN6Cc6ccncc6)[C@@H](CO)N7)c5)nn4)c3C2=O)C(=O)N1. The minimum Gasteiger partial charge on any atom is -0.493 e. The first-order valence-electron chi connectivity index (χ1n) is 21.1. The summed E-state index contributed by atoms with van der Waals surface area (Å²) < 4.78 is 7.64. The number of hydrogen-bond acceptors (Lipinski definition) is 12. The molecule has 16 heteroatoms. The van der Waals surface area contributed by atoms with Gasteiger partial charge in [0.05, 0.1) is 36.1 Å². The number of piperidine rings is 1. The van der Waals surface area contributed by atoms with E-state index in [9.17, 15) is 29.1 Å². The first kappa shape index (κ1) is 40.6. The molecule has 4 aliphatic rings. The summed E-state index contributed by atoms with van der Waals surface area (Å²) in [6, 6.07) is 22.3. The van der Waals surface area contributed by atoms with Crippen LogP contribution in [0, 0.1) is 5.92 Å². The molecule has 1 unspecified atom stereocenters. The van der Waals surface area contributed by atoms with Gasteiger partial charge in [0, 0.05) is 74.3 Å². The number of carbonyl (C=O) groups excluding carboxylic acids is 5. The van der Waals surface area contributed by atoms with Crippen molar-refractivity contribution in [3.05, 3.63) is 119 Å². The number of aryl methyl sites for hydroxylation is 2. The third kappa shape index (κ3) is 8.30. The Morgan fingerprint density at radius 2 is 1.77 bits per heavy atom. The molecule has 0 bridgehead atoms. The number of nitrogens with zero attached hydrogens (tertiary/aromatic N) is 6. The second-order valence-electron chi connectivity index (χ2n) is 16.2. The molecule has 3 aromatic carbocycles. The number of anilines is 2. The molecular formula is C46H47N9O7. The number of nitrogens with one attached hydrogen (secondary N) is 3. The van der Waals surface area contributed by atoms with Gasteiger partial charge in [-0.1, -0.05) is 29.5 Å². The predicted octanol–water partition coefficient (Wildman–Crippen LogP) is 4.52. The van der Waals surface area contributed by atoms with Crippen molar-refractivity contribution in [2.24, 2.45) is 5.92 Å². The van der Waals surface area contributed by atoms with E-state index in [1.54, 1.807) is 16.8 Å². The van der Waals surface area contributed by atoms with Crippen molar-refractivity contribution in [3.63, 3.8) is 0 Å². The highest BCUT2D eigenvalue weighted by molar-refractivity contribution is 6.24. The van der Waals surface area contributed by atoms with E-state index in [4.69, 9.17) is 4.74 Å². The first-order chi connectivity index (χ1) is 30.2. The van der Waals surface area contributed by atoms with E-state index in [0.29, 0.717) is 32.2 Å². The van der Waals surface area contributed by atoms with Crippen LogP contribution in [0.2, 0.25) is 0 Å². The van der Waals surface area contributed by atoms with Gasteiger partial charge >= 0.3 is 0 Å². The molecule has 0 aliphatic carbocycles. The molecule has 4 N–H and O–H groups in total.